The molecule has 4 rings (SSSR count). The first kappa shape index (κ1) is 23.0. The van der Waals surface area contributed by atoms with Gasteiger partial charge in [-0.25, -0.2) is 8.42 Å². The van der Waals surface area contributed by atoms with Crippen molar-refractivity contribution in [3.63, 3.8) is 0 Å². The van der Waals surface area contributed by atoms with Gasteiger partial charge in [0.05, 0.1) is 4.90 Å². The fraction of sp³-hybridized carbons (Fsp3) is 0.269. The van der Waals surface area contributed by atoms with Gasteiger partial charge < -0.3 is 10.1 Å². The second-order valence-electron chi connectivity index (χ2n) is 8.39. The van der Waals surface area contributed by atoms with Crippen LogP contribution < -0.4 is 10.0 Å². The van der Waals surface area contributed by atoms with Crippen LogP contribution in [0.4, 0.5) is 5.69 Å². The molecule has 33 heavy (non-hydrogen) atoms. The fourth-order valence-corrected chi connectivity index (χ4v) is 5.55. The van der Waals surface area contributed by atoms with Gasteiger partial charge in [0.25, 0.3) is 15.9 Å². The minimum absolute atomic E-state index is 0.0860. The fourth-order valence-electron chi connectivity index (χ4n) is 4.22. The van der Waals surface area contributed by atoms with E-state index in [1.165, 1.54) is 11.6 Å². The van der Waals surface area contributed by atoms with Gasteiger partial charge in [-0.05, 0) is 55.2 Å². The van der Waals surface area contributed by atoms with Gasteiger partial charge in [-0.2, -0.15) is 0 Å². The van der Waals surface area contributed by atoms with Gasteiger partial charge in [0.2, 0.25) is 0 Å². The standard InChI is InChI=1S/C26H28N2O4S/c1-20-12-13-21(18-24(20)33(30,31)28-23-10-6-3-7-11-23)25(29)27-19-26(14-16-32-17-15-26)22-8-4-2-5-9-22/h2-13,18,28H,14-17,19H2,1H3,(H,27,29). The molecule has 2 N–H and O–H groups in total. The highest BCUT2D eigenvalue weighted by atomic mass is 32.2. The quantitative estimate of drug-likeness (QED) is 0.547. The van der Waals surface area contributed by atoms with Crippen molar-refractivity contribution in [2.75, 3.05) is 24.5 Å². The Morgan fingerprint density at radius 1 is 0.939 bits per heavy atom. The Hall–Kier alpha value is -3.16. The number of para-hydroxylation sites is 1. The number of sulfonamides is 1. The number of rotatable bonds is 7. The van der Waals surface area contributed by atoms with Crippen molar-refractivity contribution in [1.29, 1.82) is 0 Å². The zero-order valence-electron chi connectivity index (χ0n) is 18.6. The summed E-state index contributed by atoms with van der Waals surface area (Å²) in [6, 6.07) is 23.6. The molecule has 0 atom stereocenters. The monoisotopic (exact) mass is 464 g/mol. The molecule has 0 saturated carbocycles. The molecular weight excluding hydrogens is 436 g/mol. The molecular formula is C26H28N2O4S. The van der Waals surface area contributed by atoms with E-state index in [-0.39, 0.29) is 16.2 Å². The van der Waals surface area contributed by atoms with Crippen LogP contribution in [0.25, 0.3) is 0 Å². The molecule has 0 radical (unpaired) electrons. The number of aryl methyl sites for hydroxylation is 1. The molecule has 7 heteroatoms. The predicted octanol–water partition coefficient (Wildman–Crippen LogP) is 4.27. The number of amides is 1. The van der Waals surface area contributed by atoms with Gasteiger partial charge in [0.15, 0.2) is 0 Å². The Labute approximate surface area is 195 Å². The average molecular weight is 465 g/mol. The summed E-state index contributed by atoms with van der Waals surface area (Å²) in [5.41, 5.74) is 2.32. The van der Waals surface area contributed by atoms with Gasteiger partial charge >= 0.3 is 0 Å². The molecule has 1 fully saturated rings. The number of benzene rings is 3. The highest BCUT2D eigenvalue weighted by Gasteiger charge is 2.35. The Morgan fingerprint density at radius 3 is 2.24 bits per heavy atom. The van der Waals surface area contributed by atoms with Crippen molar-refractivity contribution in [1.82, 2.24) is 5.32 Å². The molecule has 1 amide bonds. The maximum atomic E-state index is 13.1. The molecule has 0 spiro atoms. The number of carbonyl (C=O) groups excluding carboxylic acids is 1. The van der Waals surface area contributed by atoms with Crippen molar-refractivity contribution in [3.05, 3.63) is 95.6 Å². The van der Waals surface area contributed by atoms with E-state index in [1.54, 1.807) is 43.3 Å². The summed E-state index contributed by atoms with van der Waals surface area (Å²) >= 11 is 0. The summed E-state index contributed by atoms with van der Waals surface area (Å²) in [7, 11) is -3.84. The van der Waals surface area contributed by atoms with Crippen LogP contribution in [0.5, 0.6) is 0 Å². The highest BCUT2D eigenvalue weighted by Crippen LogP contribution is 2.34. The zero-order chi connectivity index (χ0) is 23.3. The van der Waals surface area contributed by atoms with E-state index in [0.717, 1.165) is 12.8 Å². The van der Waals surface area contributed by atoms with Crippen LogP contribution in [-0.4, -0.2) is 34.1 Å². The molecule has 1 heterocycles. The first-order valence-electron chi connectivity index (χ1n) is 11.0. The lowest BCUT2D eigenvalue weighted by atomic mass is 9.74. The van der Waals surface area contributed by atoms with E-state index in [2.05, 4.69) is 22.2 Å². The first-order chi connectivity index (χ1) is 15.9. The summed E-state index contributed by atoms with van der Waals surface area (Å²) < 4.78 is 34.1. The molecule has 3 aromatic carbocycles. The second kappa shape index (κ2) is 9.77. The number of carbonyl (C=O) groups is 1. The molecule has 0 aromatic heterocycles. The van der Waals surface area contributed by atoms with Crippen molar-refractivity contribution in [2.45, 2.75) is 30.1 Å². The molecule has 0 aliphatic carbocycles. The minimum atomic E-state index is -3.84. The summed E-state index contributed by atoms with van der Waals surface area (Å²) in [5.74, 6) is -0.298. The van der Waals surface area contributed by atoms with Crippen molar-refractivity contribution in [2.24, 2.45) is 0 Å². The smallest absolute Gasteiger partial charge is 0.262 e. The van der Waals surface area contributed by atoms with Crippen LogP contribution in [0, 0.1) is 6.92 Å². The molecule has 172 valence electrons. The van der Waals surface area contributed by atoms with Gasteiger partial charge in [-0.15, -0.1) is 0 Å². The van der Waals surface area contributed by atoms with E-state index in [4.69, 9.17) is 4.74 Å². The molecule has 3 aromatic rings. The van der Waals surface area contributed by atoms with Crippen LogP contribution in [-0.2, 0) is 20.2 Å². The highest BCUT2D eigenvalue weighted by molar-refractivity contribution is 7.92. The van der Waals surface area contributed by atoms with E-state index in [1.807, 2.05) is 24.3 Å². The third kappa shape index (κ3) is 5.26. The van der Waals surface area contributed by atoms with Gasteiger partial charge in [-0.3, -0.25) is 9.52 Å². The van der Waals surface area contributed by atoms with E-state index >= 15 is 0 Å². The Balaban J connectivity index is 1.54. The van der Waals surface area contributed by atoms with Crippen molar-refractivity contribution >= 4 is 21.6 Å². The molecule has 0 bridgehead atoms. The van der Waals surface area contributed by atoms with E-state index in [9.17, 15) is 13.2 Å². The first-order valence-corrected chi connectivity index (χ1v) is 12.5. The summed E-state index contributed by atoms with van der Waals surface area (Å²) in [6.07, 6.45) is 1.62. The van der Waals surface area contributed by atoms with E-state index < -0.39 is 10.0 Å². The summed E-state index contributed by atoms with van der Waals surface area (Å²) in [4.78, 5) is 13.1. The van der Waals surface area contributed by atoms with Crippen LogP contribution in [0.3, 0.4) is 0 Å². The lowest BCUT2D eigenvalue weighted by Crippen LogP contribution is -2.44. The Bertz CT molecular complexity index is 1210. The second-order valence-corrected chi connectivity index (χ2v) is 10.0. The van der Waals surface area contributed by atoms with Gasteiger partial charge in [0, 0.05) is 36.4 Å². The molecule has 1 aliphatic heterocycles. The summed E-state index contributed by atoms with van der Waals surface area (Å²) in [5, 5.41) is 3.05. The number of hydrogen-bond donors (Lipinski definition) is 2. The molecule has 1 saturated heterocycles. The number of ether oxygens (including phenoxy) is 1. The largest absolute Gasteiger partial charge is 0.381 e. The Morgan fingerprint density at radius 2 is 1.58 bits per heavy atom. The third-order valence-corrected chi connectivity index (χ3v) is 7.71. The SMILES string of the molecule is Cc1ccc(C(=O)NCC2(c3ccccc3)CCOCC2)cc1S(=O)(=O)Nc1ccccc1. The zero-order valence-corrected chi connectivity index (χ0v) is 19.4. The van der Waals surface area contributed by atoms with Gasteiger partial charge in [-0.1, -0.05) is 54.6 Å². The number of hydrogen-bond acceptors (Lipinski definition) is 4. The topological polar surface area (TPSA) is 84.5 Å². The lowest BCUT2D eigenvalue weighted by Gasteiger charge is -2.38. The lowest BCUT2D eigenvalue weighted by molar-refractivity contribution is 0.0487. The maximum absolute atomic E-state index is 13.1. The normalized spacial score (nSPS) is 15.5. The summed E-state index contributed by atoms with van der Waals surface area (Å²) in [6.45, 7) is 3.46. The van der Waals surface area contributed by atoms with Crippen molar-refractivity contribution in [3.8, 4) is 0 Å². The molecule has 0 unspecified atom stereocenters. The predicted molar refractivity (Wildman–Crippen MR) is 129 cm³/mol. The minimum Gasteiger partial charge on any atom is -0.381 e. The number of nitrogens with one attached hydrogen (secondary N) is 2. The van der Waals surface area contributed by atoms with Crippen LogP contribution in [0.2, 0.25) is 0 Å². The van der Waals surface area contributed by atoms with Gasteiger partial charge in [0.1, 0.15) is 0 Å². The average Bonchev–Trinajstić information content (AvgIpc) is 2.84. The van der Waals surface area contributed by atoms with Crippen LogP contribution in [0.1, 0.15) is 34.3 Å². The van der Waals surface area contributed by atoms with Crippen molar-refractivity contribution < 1.29 is 17.9 Å². The van der Waals surface area contributed by atoms with Crippen LogP contribution in [0.15, 0.2) is 83.8 Å². The maximum Gasteiger partial charge on any atom is 0.262 e. The molecule has 6 nitrogen and oxygen atoms in total. The van der Waals surface area contributed by atoms with Crippen LogP contribution >= 0.6 is 0 Å². The third-order valence-electron chi connectivity index (χ3n) is 6.19. The molecule has 1 aliphatic rings. The number of anilines is 1. The Kier molecular flexibility index (Phi) is 6.81. The van der Waals surface area contributed by atoms with E-state index in [0.29, 0.717) is 36.6 Å².